The molecule has 0 saturated carbocycles. The van der Waals surface area contributed by atoms with Crippen LogP contribution in [0.3, 0.4) is 0 Å². The largest absolute Gasteiger partial charge is 0.316 e. The zero-order valence-electron chi connectivity index (χ0n) is 11.5. The van der Waals surface area contributed by atoms with Crippen LogP contribution in [0.4, 0.5) is 0 Å². The maximum absolute atomic E-state index is 6.06. The molecule has 0 aliphatic heterocycles. The van der Waals surface area contributed by atoms with Crippen LogP contribution >= 0.6 is 38.9 Å². The zero-order chi connectivity index (χ0) is 14.5. The highest BCUT2D eigenvalue weighted by atomic mass is 79.9. The van der Waals surface area contributed by atoms with Crippen molar-refractivity contribution in [2.45, 2.75) is 20.3 Å². The third kappa shape index (κ3) is 4.81. The van der Waals surface area contributed by atoms with Crippen molar-refractivity contribution in [3.8, 4) is 10.6 Å². The normalized spacial score (nSPS) is 11.2. The molecule has 6 heteroatoms. The van der Waals surface area contributed by atoms with Crippen LogP contribution in [-0.2, 0) is 6.42 Å². The molecule has 2 aromatic rings. The molecule has 0 saturated heterocycles. The minimum absolute atomic E-state index is 0.670. The van der Waals surface area contributed by atoms with Crippen LogP contribution in [0.5, 0.6) is 0 Å². The first kappa shape index (κ1) is 15.9. The summed E-state index contributed by atoms with van der Waals surface area (Å²) in [6.07, 6.45) is 0.909. The SMILES string of the molecule is CC(C)CNCCc1nnc(-c2cc(Cl)cc(Br)c2)s1. The number of nitrogens with zero attached hydrogens (tertiary/aromatic N) is 2. The number of aromatic nitrogens is 2. The summed E-state index contributed by atoms with van der Waals surface area (Å²) >= 11 is 11.1. The van der Waals surface area contributed by atoms with Crippen molar-refractivity contribution in [1.82, 2.24) is 15.5 Å². The monoisotopic (exact) mass is 373 g/mol. The van der Waals surface area contributed by atoms with Gasteiger partial charge in [0.1, 0.15) is 10.0 Å². The second-order valence-electron chi connectivity index (χ2n) is 5.01. The van der Waals surface area contributed by atoms with Crippen molar-refractivity contribution >= 4 is 38.9 Å². The molecule has 0 spiro atoms. The Bertz CT molecular complexity index is 551. The number of hydrogen-bond donors (Lipinski definition) is 1. The van der Waals surface area contributed by atoms with E-state index in [0.29, 0.717) is 10.9 Å². The molecule has 20 heavy (non-hydrogen) atoms. The molecule has 0 unspecified atom stereocenters. The molecule has 2 rings (SSSR count). The molecule has 0 aliphatic carbocycles. The van der Waals surface area contributed by atoms with Gasteiger partial charge in [0.05, 0.1) is 0 Å². The standard InChI is InChI=1S/C14H17BrClN3S/c1-9(2)8-17-4-3-13-18-19-14(20-13)10-5-11(15)7-12(16)6-10/h5-7,9,17H,3-4,8H2,1-2H3. The lowest BCUT2D eigenvalue weighted by Crippen LogP contribution is -2.22. The average Bonchev–Trinajstić information content (AvgIpc) is 2.82. The predicted molar refractivity (Wildman–Crippen MR) is 89.5 cm³/mol. The van der Waals surface area contributed by atoms with Gasteiger partial charge in [0.2, 0.25) is 0 Å². The Kier molecular flexibility index (Phi) is 5.96. The third-order valence-electron chi connectivity index (χ3n) is 2.64. The van der Waals surface area contributed by atoms with Crippen molar-refractivity contribution in [3.05, 3.63) is 32.7 Å². The van der Waals surface area contributed by atoms with Crippen molar-refractivity contribution in [2.75, 3.05) is 13.1 Å². The Balaban J connectivity index is 1.98. The molecule has 0 amide bonds. The Labute approximate surface area is 136 Å². The fourth-order valence-corrected chi connectivity index (χ4v) is 3.42. The van der Waals surface area contributed by atoms with E-state index in [2.05, 4.69) is 45.3 Å². The van der Waals surface area contributed by atoms with Crippen molar-refractivity contribution in [1.29, 1.82) is 0 Å². The molecule has 1 aromatic carbocycles. The summed E-state index contributed by atoms with van der Waals surface area (Å²) in [5.41, 5.74) is 1.00. The minimum Gasteiger partial charge on any atom is -0.316 e. The Morgan fingerprint density at radius 1 is 1.30 bits per heavy atom. The van der Waals surface area contributed by atoms with E-state index < -0.39 is 0 Å². The van der Waals surface area contributed by atoms with Crippen molar-refractivity contribution in [2.24, 2.45) is 5.92 Å². The van der Waals surface area contributed by atoms with Crippen LogP contribution in [0.15, 0.2) is 22.7 Å². The maximum Gasteiger partial charge on any atom is 0.147 e. The second-order valence-corrected chi connectivity index (χ2v) is 7.42. The van der Waals surface area contributed by atoms with Gasteiger partial charge in [-0.25, -0.2) is 0 Å². The van der Waals surface area contributed by atoms with E-state index >= 15 is 0 Å². The molecule has 108 valence electrons. The van der Waals surface area contributed by atoms with Crippen molar-refractivity contribution < 1.29 is 0 Å². The predicted octanol–water partition coefficient (Wildman–Crippen LogP) is 4.41. The zero-order valence-corrected chi connectivity index (χ0v) is 14.6. The van der Waals surface area contributed by atoms with Crippen molar-refractivity contribution in [3.63, 3.8) is 0 Å². The van der Waals surface area contributed by atoms with Gasteiger partial charge in [-0.2, -0.15) is 0 Å². The van der Waals surface area contributed by atoms with E-state index in [1.54, 1.807) is 11.3 Å². The van der Waals surface area contributed by atoms with Crippen LogP contribution in [-0.4, -0.2) is 23.3 Å². The Morgan fingerprint density at radius 3 is 2.80 bits per heavy atom. The van der Waals surface area contributed by atoms with Gasteiger partial charge in [0.15, 0.2) is 0 Å². The van der Waals surface area contributed by atoms with Gasteiger partial charge in [-0.1, -0.05) is 52.7 Å². The molecular formula is C14H17BrClN3S. The molecular weight excluding hydrogens is 358 g/mol. The van der Waals surface area contributed by atoms with Crippen LogP contribution in [0.2, 0.25) is 5.02 Å². The van der Waals surface area contributed by atoms with Crippen LogP contribution in [0.25, 0.3) is 10.6 Å². The van der Waals surface area contributed by atoms with Gasteiger partial charge < -0.3 is 5.32 Å². The summed E-state index contributed by atoms with van der Waals surface area (Å²) in [5.74, 6) is 0.670. The second kappa shape index (κ2) is 7.50. The smallest absolute Gasteiger partial charge is 0.147 e. The highest BCUT2D eigenvalue weighted by Gasteiger charge is 2.08. The fourth-order valence-electron chi connectivity index (χ4n) is 1.73. The Morgan fingerprint density at radius 2 is 2.10 bits per heavy atom. The molecule has 1 aromatic heterocycles. The van der Waals surface area contributed by atoms with E-state index in [-0.39, 0.29) is 0 Å². The van der Waals surface area contributed by atoms with Crippen LogP contribution in [0, 0.1) is 5.92 Å². The number of halogens is 2. The molecule has 0 bridgehead atoms. The average molecular weight is 375 g/mol. The third-order valence-corrected chi connectivity index (χ3v) is 4.35. The van der Waals surface area contributed by atoms with Gasteiger partial charge in [0, 0.05) is 28.0 Å². The Hall–Kier alpha value is -0.490. The summed E-state index contributed by atoms with van der Waals surface area (Å²) < 4.78 is 0.954. The summed E-state index contributed by atoms with van der Waals surface area (Å²) in [6, 6.07) is 5.78. The first-order chi connectivity index (χ1) is 9.54. The first-order valence-corrected chi connectivity index (χ1v) is 8.53. The van der Waals surface area contributed by atoms with Gasteiger partial charge in [-0.15, -0.1) is 10.2 Å². The lowest BCUT2D eigenvalue weighted by atomic mass is 10.2. The highest BCUT2D eigenvalue weighted by Crippen LogP contribution is 2.29. The van der Waals surface area contributed by atoms with Gasteiger partial charge in [-0.05, 0) is 30.7 Å². The summed E-state index contributed by atoms with van der Waals surface area (Å²) in [5, 5.41) is 14.5. The topological polar surface area (TPSA) is 37.8 Å². The number of rotatable bonds is 6. The van der Waals surface area contributed by atoms with Gasteiger partial charge >= 0.3 is 0 Å². The summed E-state index contributed by atoms with van der Waals surface area (Å²) in [7, 11) is 0. The van der Waals surface area contributed by atoms with E-state index in [4.69, 9.17) is 11.6 Å². The molecule has 0 radical (unpaired) electrons. The van der Waals surface area contributed by atoms with Gasteiger partial charge in [0.25, 0.3) is 0 Å². The molecule has 0 aliphatic rings. The quantitative estimate of drug-likeness (QED) is 0.761. The van der Waals surface area contributed by atoms with Crippen LogP contribution < -0.4 is 5.32 Å². The number of benzene rings is 1. The highest BCUT2D eigenvalue weighted by molar-refractivity contribution is 9.10. The first-order valence-electron chi connectivity index (χ1n) is 6.54. The fraction of sp³-hybridized carbons (Fsp3) is 0.429. The van der Waals surface area contributed by atoms with Gasteiger partial charge in [-0.3, -0.25) is 0 Å². The van der Waals surface area contributed by atoms with E-state index in [9.17, 15) is 0 Å². The van der Waals surface area contributed by atoms with E-state index in [0.717, 1.165) is 39.6 Å². The maximum atomic E-state index is 6.06. The lowest BCUT2D eigenvalue weighted by Gasteiger charge is -2.05. The minimum atomic E-state index is 0.670. The molecule has 0 fully saturated rings. The molecule has 1 heterocycles. The summed E-state index contributed by atoms with van der Waals surface area (Å²) in [4.78, 5) is 0. The van der Waals surface area contributed by atoms with E-state index in [1.807, 2.05) is 18.2 Å². The number of hydrogen-bond acceptors (Lipinski definition) is 4. The molecule has 0 atom stereocenters. The summed E-state index contributed by atoms with van der Waals surface area (Å²) in [6.45, 7) is 6.37. The lowest BCUT2D eigenvalue weighted by molar-refractivity contribution is 0.553. The molecule has 1 N–H and O–H groups in total. The number of nitrogens with one attached hydrogen (secondary N) is 1. The van der Waals surface area contributed by atoms with Crippen LogP contribution in [0.1, 0.15) is 18.9 Å². The van der Waals surface area contributed by atoms with E-state index in [1.165, 1.54) is 0 Å². The molecule has 3 nitrogen and oxygen atoms in total.